The molecule has 0 aromatic carbocycles. The Morgan fingerprint density at radius 3 is 2.25 bits per heavy atom. The second kappa shape index (κ2) is 3.65. The van der Waals surface area contributed by atoms with Gasteiger partial charge < -0.3 is 30.9 Å². The molecule has 1 rings (SSSR count). The zero-order valence-electron chi connectivity index (χ0n) is 6.37. The molecule has 1 fully saturated rings. The minimum absolute atomic E-state index is 0.470. The topological polar surface area (TPSA) is 116 Å². The molecule has 5 atom stereocenters. The molecule has 6 N–H and O–H groups in total. The van der Waals surface area contributed by atoms with E-state index in [0.717, 1.165) is 0 Å². The maximum Gasteiger partial charge on any atom is 0.173 e. The van der Waals surface area contributed by atoms with Crippen molar-refractivity contribution < 1.29 is 25.2 Å². The number of nitrogens with two attached hydrogens (primary N) is 1. The van der Waals surface area contributed by atoms with Crippen LogP contribution in [0.2, 0.25) is 0 Å². The molecule has 0 aliphatic carbocycles. The number of ether oxygens (including phenoxy) is 1. The highest BCUT2D eigenvalue weighted by Crippen LogP contribution is 2.17. The molecular formula is C6H13NO5. The van der Waals surface area contributed by atoms with E-state index in [1.165, 1.54) is 0 Å². The van der Waals surface area contributed by atoms with E-state index in [4.69, 9.17) is 20.7 Å². The van der Waals surface area contributed by atoms with Gasteiger partial charge in [0.25, 0.3) is 0 Å². The van der Waals surface area contributed by atoms with Crippen molar-refractivity contribution in [1.82, 2.24) is 0 Å². The molecule has 6 heteroatoms. The smallest absolute Gasteiger partial charge is 0.173 e. The van der Waals surface area contributed by atoms with Gasteiger partial charge in [0.15, 0.2) is 6.29 Å². The Bertz CT molecular complexity index is 150. The van der Waals surface area contributed by atoms with Crippen molar-refractivity contribution in [3.8, 4) is 0 Å². The van der Waals surface area contributed by atoms with Gasteiger partial charge in [-0.25, -0.2) is 0 Å². The third-order valence-corrected chi connectivity index (χ3v) is 1.95. The van der Waals surface area contributed by atoms with Crippen molar-refractivity contribution in [3.63, 3.8) is 0 Å². The average molecular weight is 179 g/mol. The van der Waals surface area contributed by atoms with E-state index in [9.17, 15) is 10.2 Å². The van der Waals surface area contributed by atoms with Gasteiger partial charge in [-0.15, -0.1) is 0 Å². The number of aliphatic hydroxyl groups excluding tert-OH is 4. The summed E-state index contributed by atoms with van der Waals surface area (Å²) in [5, 5.41) is 36.1. The van der Waals surface area contributed by atoms with E-state index in [1.54, 1.807) is 0 Å². The van der Waals surface area contributed by atoms with Crippen LogP contribution in [0, 0.1) is 0 Å². The number of hydrogen-bond donors (Lipinski definition) is 5. The van der Waals surface area contributed by atoms with Crippen molar-refractivity contribution in [3.05, 3.63) is 0 Å². The molecule has 0 spiro atoms. The summed E-state index contributed by atoms with van der Waals surface area (Å²) in [6.07, 6.45) is -4.85. The fourth-order valence-corrected chi connectivity index (χ4v) is 1.12. The van der Waals surface area contributed by atoms with E-state index < -0.39 is 37.3 Å². The summed E-state index contributed by atoms with van der Waals surface area (Å²) in [6.45, 7) is -0.470. The molecule has 0 aromatic rings. The normalized spacial score (nSPS) is 49.2. The van der Waals surface area contributed by atoms with Gasteiger partial charge in [-0.2, -0.15) is 0 Å². The molecule has 0 radical (unpaired) electrons. The first kappa shape index (κ1) is 9.85. The van der Waals surface area contributed by atoms with E-state index in [0.29, 0.717) is 0 Å². The van der Waals surface area contributed by atoms with Crippen molar-refractivity contribution in [2.45, 2.75) is 30.6 Å². The van der Waals surface area contributed by atoms with Gasteiger partial charge in [-0.3, -0.25) is 0 Å². The highest BCUT2D eigenvalue weighted by molar-refractivity contribution is 4.90. The molecule has 1 aliphatic heterocycles. The Balaban J connectivity index is 2.63. The summed E-state index contributed by atoms with van der Waals surface area (Å²) >= 11 is 0. The largest absolute Gasteiger partial charge is 0.394 e. The van der Waals surface area contributed by atoms with Gasteiger partial charge in [0.2, 0.25) is 0 Å². The first-order valence-corrected chi connectivity index (χ1v) is 3.64. The summed E-state index contributed by atoms with van der Waals surface area (Å²) in [4.78, 5) is 0. The Kier molecular flexibility index (Phi) is 2.99. The van der Waals surface area contributed by atoms with Crippen LogP contribution in [0.5, 0.6) is 0 Å². The predicted molar refractivity (Wildman–Crippen MR) is 38.0 cm³/mol. The van der Waals surface area contributed by atoms with Crippen molar-refractivity contribution in [1.29, 1.82) is 0 Å². The summed E-state index contributed by atoms with van der Waals surface area (Å²) in [5.41, 5.74) is 5.26. The molecule has 1 aliphatic rings. The van der Waals surface area contributed by atoms with Gasteiger partial charge in [-0.05, 0) is 0 Å². The summed E-state index contributed by atoms with van der Waals surface area (Å²) < 4.78 is 4.70. The van der Waals surface area contributed by atoms with Crippen LogP contribution in [0.3, 0.4) is 0 Å². The molecule has 6 nitrogen and oxygen atoms in total. The van der Waals surface area contributed by atoms with Crippen molar-refractivity contribution in [2.75, 3.05) is 6.61 Å². The monoisotopic (exact) mass is 179 g/mol. The lowest BCUT2D eigenvalue weighted by atomic mass is 9.98. The summed E-state index contributed by atoms with van der Waals surface area (Å²) in [6, 6.07) is -1.04. The number of aliphatic hydroxyl groups is 4. The Morgan fingerprint density at radius 1 is 1.17 bits per heavy atom. The van der Waals surface area contributed by atoms with Crippen LogP contribution in [0.1, 0.15) is 0 Å². The lowest BCUT2D eigenvalue weighted by Gasteiger charge is -2.38. The average Bonchev–Trinajstić information content (AvgIpc) is 2.08. The standard InChI is InChI=1S/C6H13NO5/c7-3-5(10)4(9)2(1-8)12-6(3)11/h2-6,8-11H,1,7H2/t2-,3+,4-,5-,6+/m0/s1. The zero-order chi connectivity index (χ0) is 9.30. The molecule has 0 aromatic heterocycles. The van der Waals surface area contributed by atoms with Crippen LogP contribution in [0.25, 0.3) is 0 Å². The molecule has 0 saturated carbocycles. The van der Waals surface area contributed by atoms with Crippen LogP contribution in [0.15, 0.2) is 0 Å². The van der Waals surface area contributed by atoms with Gasteiger partial charge in [0, 0.05) is 0 Å². The predicted octanol–water partition coefficient (Wildman–Crippen LogP) is -3.26. The van der Waals surface area contributed by atoms with Crippen LogP contribution in [-0.2, 0) is 4.74 Å². The van der Waals surface area contributed by atoms with Crippen LogP contribution in [0.4, 0.5) is 0 Å². The van der Waals surface area contributed by atoms with E-state index >= 15 is 0 Å². The lowest BCUT2D eigenvalue weighted by molar-refractivity contribution is -0.248. The van der Waals surface area contributed by atoms with Gasteiger partial charge in [0.05, 0.1) is 12.6 Å². The first-order valence-electron chi connectivity index (χ1n) is 3.64. The number of hydrogen-bond acceptors (Lipinski definition) is 6. The van der Waals surface area contributed by atoms with E-state index in [-0.39, 0.29) is 0 Å². The SMILES string of the molecule is N[C@@H]1[C@H](O)[C@@H](O)[C@H](CO)O[C@H]1O. The molecule has 72 valence electrons. The van der Waals surface area contributed by atoms with Gasteiger partial charge in [-0.1, -0.05) is 0 Å². The highest BCUT2D eigenvalue weighted by Gasteiger charge is 2.41. The Labute approximate surface area is 69.2 Å². The number of rotatable bonds is 1. The maximum atomic E-state index is 9.20. The van der Waals surface area contributed by atoms with E-state index in [1.807, 2.05) is 0 Å². The highest BCUT2D eigenvalue weighted by atomic mass is 16.6. The fraction of sp³-hybridized carbons (Fsp3) is 1.00. The molecule has 1 saturated heterocycles. The van der Waals surface area contributed by atoms with Crippen molar-refractivity contribution in [2.24, 2.45) is 5.73 Å². The molecule has 0 bridgehead atoms. The second-order valence-electron chi connectivity index (χ2n) is 2.81. The minimum Gasteiger partial charge on any atom is -0.394 e. The lowest BCUT2D eigenvalue weighted by Crippen LogP contribution is -2.61. The summed E-state index contributed by atoms with van der Waals surface area (Å²) in [5.74, 6) is 0. The zero-order valence-corrected chi connectivity index (χ0v) is 6.37. The molecule has 0 unspecified atom stereocenters. The molecular weight excluding hydrogens is 166 g/mol. The first-order chi connectivity index (χ1) is 5.57. The van der Waals surface area contributed by atoms with Gasteiger partial charge >= 0.3 is 0 Å². The molecule has 12 heavy (non-hydrogen) atoms. The Morgan fingerprint density at radius 2 is 1.75 bits per heavy atom. The quantitative estimate of drug-likeness (QED) is 0.288. The van der Waals surface area contributed by atoms with Gasteiger partial charge in [0.1, 0.15) is 18.3 Å². The summed E-state index contributed by atoms with van der Waals surface area (Å²) in [7, 11) is 0. The van der Waals surface area contributed by atoms with Crippen LogP contribution < -0.4 is 5.73 Å². The van der Waals surface area contributed by atoms with Crippen LogP contribution >= 0.6 is 0 Å². The van der Waals surface area contributed by atoms with E-state index in [2.05, 4.69) is 0 Å². The van der Waals surface area contributed by atoms with Crippen molar-refractivity contribution >= 4 is 0 Å². The molecule has 1 heterocycles. The minimum atomic E-state index is -1.35. The third kappa shape index (κ3) is 1.58. The Hall–Kier alpha value is -0.240. The second-order valence-corrected chi connectivity index (χ2v) is 2.81. The fourth-order valence-electron chi connectivity index (χ4n) is 1.12. The molecule has 0 amide bonds. The maximum absolute atomic E-state index is 9.20. The van der Waals surface area contributed by atoms with Crippen LogP contribution in [-0.4, -0.2) is 57.7 Å². The third-order valence-electron chi connectivity index (χ3n) is 1.95.